The van der Waals surface area contributed by atoms with Gasteiger partial charge in [0.05, 0.1) is 12.0 Å². The molecule has 0 radical (unpaired) electrons. The summed E-state index contributed by atoms with van der Waals surface area (Å²) in [4.78, 5) is 21.3. The summed E-state index contributed by atoms with van der Waals surface area (Å²) in [6, 6.07) is 16.0. The molecule has 1 aromatic heterocycles. The van der Waals surface area contributed by atoms with Crippen molar-refractivity contribution in [2.45, 2.75) is 24.8 Å². The first kappa shape index (κ1) is 18.9. The minimum atomic E-state index is -0.242. The monoisotopic (exact) mass is 406 g/mol. The Balaban J connectivity index is 1.20. The highest BCUT2D eigenvalue weighted by atomic mass is 19.1. The van der Waals surface area contributed by atoms with Crippen molar-refractivity contribution >= 4 is 5.91 Å². The molecular weight excluding hydrogens is 383 g/mol. The van der Waals surface area contributed by atoms with Gasteiger partial charge in [-0.15, -0.1) is 0 Å². The van der Waals surface area contributed by atoms with E-state index in [4.69, 9.17) is 4.52 Å². The second kappa shape index (κ2) is 7.65. The van der Waals surface area contributed by atoms with Crippen molar-refractivity contribution in [2.24, 2.45) is 0 Å². The first-order valence-electron chi connectivity index (χ1n) is 10.3. The average Bonchev–Trinajstić information content (AvgIpc) is 3.47. The van der Waals surface area contributed by atoms with Crippen molar-refractivity contribution in [2.75, 3.05) is 26.2 Å². The summed E-state index contributed by atoms with van der Waals surface area (Å²) in [5, 5.41) is 4.23. The number of amides is 1. The van der Waals surface area contributed by atoms with Crippen LogP contribution in [0.5, 0.6) is 0 Å². The fraction of sp³-hybridized carbons (Fsp3) is 0.348. The molecule has 0 unspecified atom stereocenters. The van der Waals surface area contributed by atoms with Crippen LogP contribution in [0.25, 0.3) is 0 Å². The van der Waals surface area contributed by atoms with E-state index in [-0.39, 0.29) is 17.1 Å². The van der Waals surface area contributed by atoms with Crippen molar-refractivity contribution in [1.82, 2.24) is 19.9 Å². The van der Waals surface area contributed by atoms with Gasteiger partial charge in [-0.3, -0.25) is 9.69 Å². The SMILES string of the molecule is O=C(c1ccccc1)N1CCN(Cc2nc(C3(c4ccc(F)cc4)CC3)no2)CC1. The van der Waals surface area contributed by atoms with Crippen LogP contribution in [0.4, 0.5) is 4.39 Å². The Morgan fingerprint density at radius 1 is 1.00 bits per heavy atom. The lowest BCUT2D eigenvalue weighted by molar-refractivity contribution is 0.0615. The normalized spacial score (nSPS) is 18.4. The van der Waals surface area contributed by atoms with Crippen LogP contribution < -0.4 is 0 Å². The summed E-state index contributed by atoms with van der Waals surface area (Å²) in [6.07, 6.45) is 1.88. The largest absolute Gasteiger partial charge is 0.338 e. The maximum atomic E-state index is 13.3. The fourth-order valence-electron chi connectivity index (χ4n) is 4.11. The summed E-state index contributed by atoms with van der Waals surface area (Å²) in [5.41, 5.74) is 1.52. The number of aromatic nitrogens is 2. The average molecular weight is 406 g/mol. The molecule has 0 N–H and O–H groups in total. The van der Waals surface area contributed by atoms with Crippen molar-refractivity contribution in [3.8, 4) is 0 Å². The van der Waals surface area contributed by atoms with E-state index >= 15 is 0 Å². The molecule has 0 spiro atoms. The number of carbonyl (C=O) groups is 1. The van der Waals surface area contributed by atoms with Gasteiger partial charge < -0.3 is 9.42 Å². The molecule has 0 atom stereocenters. The van der Waals surface area contributed by atoms with Gasteiger partial charge in [0.15, 0.2) is 5.82 Å². The molecule has 7 heteroatoms. The number of hydrogen-bond donors (Lipinski definition) is 0. The molecule has 1 aliphatic heterocycles. The van der Waals surface area contributed by atoms with Crippen LogP contribution in [0, 0.1) is 5.82 Å². The van der Waals surface area contributed by atoms with Gasteiger partial charge in [-0.25, -0.2) is 4.39 Å². The lowest BCUT2D eigenvalue weighted by Crippen LogP contribution is -2.48. The molecule has 30 heavy (non-hydrogen) atoms. The zero-order chi connectivity index (χ0) is 20.6. The summed E-state index contributed by atoms with van der Waals surface area (Å²) >= 11 is 0. The molecule has 0 bridgehead atoms. The highest BCUT2D eigenvalue weighted by Crippen LogP contribution is 2.52. The Hall–Kier alpha value is -3.06. The minimum absolute atomic E-state index is 0.0744. The molecule has 2 fully saturated rings. The minimum Gasteiger partial charge on any atom is -0.338 e. The third-order valence-electron chi connectivity index (χ3n) is 6.08. The molecule has 1 amide bonds. The van der Waals surface area contributed by atoms with Gasteiger partial charge in [0, 0.05) is 31.7 Å². The van der Waals surface area contributed by atoms with Gasteiger partial charge in [0.1, 0.15) is 5.82 Å². The van der Waals surface area contributed by atoms with E-state index < -0.39 is 0 Å². The fourth-order valence-corrected chi connectivity index (χ4v) is 4.11. The lowest BCUT2D eigenvalue weighted by atomic mass is 9.95. The van der Waals surface area contributed by atoms with Crippen molar-refractivity contribution in [1.29, 1.82) is 0 Å². The van der Waals surface area contributed by atoms with Gasteiger partial charge >= 0.3 is 0 Å². The first-order chi connectivity index (χ1) is 14.6. The van der Waals surface area contributed by atoms with Crippen LogP contribution in [0.1, 0.15) is 40.5 Å². The van der Waals surface area contributed by atoms with Crippen molar-refractivity contribution in [3.63, 3.8) is 0 Å². The number of hydrogen-bond acceptors (Lipinski definition) is 5. The maximum Gasteiger partial charge on any atom is 0.253 e. The van der Waals surface area contributed by atoms with E-state index in [1.54, 1.807) is 12.1 Å². The van der Waals surface area contributed by atoms with Gasteiger partial charge in [-0.05, 0) is 42.7 Å². The molecule has 5 rings (SSSR count). The van der Waals surface area contributed by atoms with Gasteiger partial charge in [0.2, 0.25) is 5.89 Å². The van der Waals surface area contributed by atoms with E-state index in [0.717, 1.165) is 37.1 Å². The standard InChI is InChI=1S/C23H23FN4O2/c24-19-8-6-18(7-9-19)23(10-11-23)22-25-20(30-26-22)16-27-12-14-28(15-13-27)21(29)17-4-2-1-3-5-17/h1-9H,10-16H2. The van der Waals surface area contributed by atoms with Gasteiger partial charge in [0.25, 0.3) is 5.91 Å². The zero-order valence-corrected chi connectivity index (χ0v) is 16.6. The van der Waals surface area contributed by atoms with Gasteiger partial charge in [-0.2, -0.15) is 4.98 Å². The Morgan fingerprint density at radius 3 is 2.37 bits per heavy atom. The molecule has 1 saturated heterocycles. The van der Waals surface area contributed by atoms with Crippen LogP contribution >= 0.6 is 0 Å². The van der Waals surface area contributed by atoms with Crippen LogP contribution in [0.3, 0.4) is 0 Å². The number of carbonyl (C=O) groups excluding carboxylic acids is 1. The second-order valence-corrected chi connectivity index (χ2v) is 8.04. The van der Waals surface area contributed by atoms with Gasteiger partial charge in [-0.1, -0.05) is 35.5 Å². The predicted octanol–water partition coefficient (Wildman–Crippen LogP) is 3.25. The Kier molecular flexibility index (Phi) is 4.83. The van der Waals surface area contributed by atoms with Crippen molar-refractivity contribution < 1.29 is 13.7 Å². The molecule has 2 aliphatic rings. The smallest absolute Gasteiger partial charge is 0.253 e. The summed E-state index contributed by atoms with van der Waals surface area (Å²) in [7, 11) is 0. The number of benzene rings is 2. The summed E-state index contributed by atoms with van der Waals surface area (Å²) < 4.78 is 18.8. The Morgan fingerprint density at radius 2 is 1.70 bits per heavy atom. The molecular formula is C23H23FN4O2. The van der Waals surface area contributed by atoms with E-state index in [2.05, 4.69) is 15.0 Å². The summed E-state index contributed by atoms with van der Waals surface area (Å²) in [6.45, 7) is 3.45. The van der Waals surface area contributed by atoms with E-state index in [1.807, 2.05) is 35.2 Å². The van der Waals surface area contributed by atoms with E-state index in [9.17, 15) is 9.18 Å². The molecule has 2 heterocycles. The molecule has 3 aromatic rings. The van der Waals surface area contributed by atoms with Crippen LogP contribution in [-0.4, -0.2) is 52.0 Å². The molecule has 2 aromatic carbocycles. The molecule has 1 aliphatic carbocycles. The highest BCUT2D eigenvalue weighted by Gasteiger charge is 2.50. The van der Waals surface area contributed by atoms with E-state index in [1.165, 1.54) is 12.1 Å². The second-order valence-electron chi connectivity index (χ2n) is 8.04. The topological polar surface area (TPSA) is 62.5 Å². The van der Waals surface area contributed by atoms with Crippen LogP contribution in [0.15, 0.2) is 59.1 Å². The maximum absolute atomic E-state index is 13.3. The number of halogens is 1. The quantitative estimate of drug-likeness (QED) is 0.651. The number of rotatable bonds is 5. The predicted molar refractivity (Wildman–Crippen MR) is 108 cm³/mol. The Labute approximate surface area is 174 Å². The lowest BCUT2D eigenvalue weighted by Gasteiger charge is -2.34. The molecule has 154 valence electrons. The number of piperazine rings is 1. The van der Waals surface area contributed by atoms with Crippen LogP contribution in [0.2, 0.25) is 0 Å². The highest BCUT2D eigenvalue weighted by molar-refractivity contribution is 5.94. The summed E-state index contributed by atoms with van der Waals surface area (Å²) in [5.74, 6) is 1.10. The third-order valence-corrected chi connectivity index (χ3v) is 6.08. The zero-order valence-electron chi connectivity index (χ0n) is 16.6. The van der Waals surface area contributed by atoms with Crippen LogP contribution in [-0.2, 0) is 12.0 Å². The first-order valence-corrected chi connectivity index (χ1v) is 10.3. The van der Waals surface area contributed by atoms with Crippen molar-refractivity contribution in [3.05, 3.63) is 83.3 Å². The number of nitrogens with zero attached hydrogens (tertiary/aromatic N) is 4. The molecule has 6 nitrogen and oxygen atoms in total. The third kappa shape index (κ3) is 3.61. The Bertz CT molecular complexity index is 1020. The van der Waals surface area contributed by atoms with E-state index in [0.29, 0.717) is 31.3 Å². The molecule has 1 saturated carbocycles.